The van der Waals surface area contributed by atoms with Crippen LogP contribution >= 0.6 is 28.1 Å². The van der Waals surface area contributed by atoms with E-state index in [1.54, 1.807) is 4.90 Å². The van der Waals surface area contributed by atoms with Gasteiger partial charge in [-0.3, -0.25) is 14.7 Å². The van der Waals surface area contributed by atoms with Gasteiger partial charge in [-0.05, 0) is 45.0 Å². The molecule has 3 rings (SSSR count). The molecule has 0 radical (unpaired) electrons. The van der Waals surface area contributed by atoms with Crippen LogP contribution in [0.3, 0.4) is 0 Å². The first-order valence-electron chi connectivity index (χ1n) is 7.61. The number of nitrogens with zero attached hydrogens (tertiary/aromatic N) is 2. The Hall–Kier alpha value is -1.85. The summed E-state index contributed by atoms with van der Waals surface area (Å²) in [7, 11) is 0. The third-order valence-corrected chi connectivity index (χ3v) is 4.86. The lowest BCUT2D eigenvalue weighted by atomic mass is 10.1. The van der Waals surface area contributed by atoms with Gasteiger partial charge in [0.2, 0.25) is 0 Å². The number of amides is 1. The van der Waals surface area contributed by atoms with Gasteiger partial charge in [-0.2, -0.15) is 0 Å². The molecular formula is C19H17BrN2OS. The highest BCUT2D eigenvalue weighted by Gasteiger charge is 2.42. The number of carbonyl (C=O) groups is 1. The molecule has 0 spiro atoms. The molecule has 0 atom stereocenters. The highest BCUT2D eigenvalue weighted by atomic mass is 79.9. The number of halogens is 1. The Labute approximate surface area is 155 Å². The molecule has 0 N–H and O–H groups in total. The minimum Gasteiger partial charge on any atom is -0.272 e. The summed E-state index contributed by atoms with van der Waals surface area (Å²) in [6, 6.07) is 15.3. The zero-order valence-electron chi connectivity index (χ0n) is 13.7. The molecule has 1 amide bonds. The van der Waals surface area contributed by atoms with Gasteiger partial charge in [0.25, 0.3) is 5.91 Å². The Bertz CT molecular complexity index is 839. The Morgan fingerprint density at radius 1 is 1.08 bits per heavy atom. The highest BCUT2D eigenvalue weighted by Crippen LogP contribution is 2.29. The average Bonchev–Trinajstić information content (AvgIpc) is 2.78. The number of thiocarbonyl (C=S) groups is 1. The van der Waals surface area contributed by atoms with Crippen molar-refractivity contribution in [1.82, 2.24) is 4.90 Å². The molecule has 5 heteroatoms. The molecular weight excluding hydrogens is 384 g/mol. The fraction of sp³-hybridized carbons (Fsp3) is 0.211. The first-order chi connectivity index (χ1) is 11.3. The van der Waals surface area contributed by atoms with Crippen molar-refractivity contribution in [2.45, 2.75) is 26.4 Å². The van der Waals surface area contributed by atoms with E-state index < -0.39 is 5.66 Å². The molecule has 24 heavy (non-hydrogen) atoms. The van der Waals surface area contributed by atoms with Crippen molar-refractivity contribution < 1.29 is 4.79 Å². The molecule has 0 fully saturated rings. The van der Waals surface area contributed by atoms with Gasteiger partial charge in [0.15, 0.2) is 0 Å². The van der Waals surface area contributed by atoms with Gasteiger partial charge in [0, 0.05) is 15.6 Å². The molecule has 2 aromatic rings. The normalized spacial score (nSPS) is 16.2. The van der Waals surface area contributed by atoms with Gasteiger partial charge in [0.1, 0.15) is 16.4 Å². The monoisotopic (exact) mass is 400 g/mol. The second-order valence-corrected chi connectivity index (χ2v) is 7.58. The number of aryl methyl sites for hydroxylation is 1. The number of hydrogen-bond donors (Lipinski definition) is 0. The fourth-order valence-corrected chi connectivity index (χ4v) is 3.42. The zero-order chi connectivity index (χ0) is 17.5. The lowest BCUT2D eigenvalue weighted by Gasteiger charge is -2.29. The maximum absolute atomic E-state index is 13.0. The highest BCUT2D eigenvalue weighted by molar-refractivity contribution is 9.10. The van der Waals surface area contributed by atoms with E-state index in [9.17, 15) is 4.79 Å². The van der Waals surface area contributed by atoms with Crippen molar-refractivity contribution in [1.29, 1.82) is 0 Å². The molecule has 2 aromatic carbocycles. The number of carbonyl (C=O) groups excluding carboxylic acids is 1. The van der Waals surface area contributed by atoms with Crippen LogP contribution in [-0.4, -0.2) is 27.2 Å². The van der Waals surface area contributed by atoms with Gasteiger partial charge in [-0.15, -0.1) is 0 Å². The Kier molecular flexibility index (Phi) is 4.40. The number of benzene rings is 2. The molecule has 0 unspecified atom stereocenters. The van der Waals surface area contributed by atoms with Crippen LogP contribution in [0.4, 0.5) is 0 Å². The number of aliphatic imine (C=N–C) groups is 1. The van der Waals surface area contributed by atoms with E-state index in [1.807, 2.05) is 69.3 Å². The molecule has 3 nitrogen and oxygen atoms in total. The van der Waals surface area contributed by atoms with Gasteiger partial charge >= 0.3 is 0 Å². The quantitative estimate of drug-likeness (QED) is 0.680. The SMILES string of the molecule is Cc1ccc(C(=O)N2C(=S)C(c3ccc(Br)cc3)=NC2(C)C)cc1. The number of rotatable bonds is 2. The molecule has 0 aliphatic carbocycles. The van der Waals surface area contributed by atoms with Crippen molar-refractivity contribution in [3.05, 3.63) is 69.7 Å². The van der Waals surface area contributed by atoms with Crippen molar-refractivity contribution in [3.8, 4) is 0 Å². The van der Waals surface area contributed by atoms with Gasteiger partial charge in [0.05, 0.1) is 0 Å². The molecule has 0 bridgehead atoms. The second kappa shape index (κ2) is 6.22. The van der Waals surface area contributed by atoms with Crippen LogP contribution in [0.1, 0.15) is 35.3 Å². The molecule has 0 aromatic heterocycles. The van der Waals surface area contributed by atoms with Crippen molar-refractivity contribution in [2.75, 3.05) is 0 Å². The summed E-state index contributed by atoms with van der Waals surface area (Å²) in [4.78, 5) is 19.8. The Morgan fingerprint density at radius 2 is 1.67 bits per heavy atom. The van der Waals surface area contributed by atoms with Crippen LogP contribution in [-0.2, 0) is 0 Å². The standard InChI is InChI=1S/C19H17BrN2OS/c1-12-4-6-14(7-5-12)17(23)22-18(24)16(21-19(22,2)3)13-8-10-15(20)11-9-13/h4-11H,1-3H3. The van der Waals surface area contributed by atoms with Crippen LogP contribution in [0.5, 0.6) is 0 Å². The number of hydrogen-bond acceptors (Lipinski definition) is 3. The molecule has 0 saturated heterocycles. The van der Waals surface area contributed by atoms with Gasteiger partial charge < -0.3 is 0 Å². The third kappa shape index (κ3) is 3.06. The van der Waals surface area contributed by atoms with E-state index in [0.29, 0.717) is 16.3 Å². The second-order valence-electron chi connectivity index (χ2n) is 6.27. The Morgan fingerprint density at radius 3 is 2.25 bits per heavy atom. The van der Waals surface area contributed by atoms with Crippen LogP contribution in [0, 0.1) is 6.92 Å². The summed E-state index contributed by atoms with van der Waals surface area (Å²) in [6.07, 6.45) is 0. The minimum absolute atomic E-state index is 0.124. The predicted molar refractivity (Wildman–Crippen MR) is 105 cm³/mol. The maximum Gasteiger partial charge on any atom is 0.260 e. The van der Waals surface area contributed by atoms with Crippen LogP contribution in [0.25, 0.3) is 0 Å². The topological polar surface area (TPSA) is 32.7 Å². The molecule has 1 heterocycles. The van der Waals surface area contributed by atoms with Crippen molar-refractivity contribution >= 4 is 44.8 Å². The smallest absolute Gasteiger partial charge is 0.260 e. The lowest BCUT2D eigenvalue weighted by Crippen LogP contribution is -2.46. The minimum atomic E-state index is -0.707. The molecule has 1 aliphatic heterocycles. The predicted octanol–water partition coefficient (Wildman–Crippen LogP) is 4.77. The summed E-state index contributed by atoms with van der Waals surface area (Å²) in [5.74, 6) is -0.124. The summed E-state index contributed by atoms with van der Waals surface area (Å²) in [5, 5.41) is 0. The Balaban J connectivity index is 1.96. The van der Waals surface area contributed by atoms with Crippen LogP contribution in [0.2, 0.25) is 0 Å². The first kappa shape index (κ1) is 17.0. The van der Waals surface area contributed by atoms with E-state index in [0.717, 1.165) is 15.6 Å². The van der Waals surface area contributed by atoms with E-state index in [4.69, 9.17) is 17.2 Å². The van der Waals surface area contributed by atoms with E-state index in [-0.39, 0.29) is 5.91 Å². The van der Waals surface area contributed by atoms with E-state index in [2.05, 4.69) is 15.9 Å². The van der Waals surface area contributed by atoms with E-state index in [1.165, 1.54) is 0 Å². The van der Waals surface area contributed by atoms with Crippen LogP contribution in [0.15, 0.2) is 58.0 Å². The first-order valence-corrected chi connectivity index (χ1v) is 8.81. The zero-order valence-corrected chi connectivity index (χ0v) is 16.1. The third-order valence-electron chi connectivity index (χ3n) is 3.96. The summed E-state index contributed by atoms with van der Waals surface area (Å²) < 4.78 is 0.989. The summed E-state index contributed by atoms with van der Waals surface area (Å²) >= 11 is 9.02. The summed E-state index contributed by atoms with van der Waals surface area (Å²) in [6.45, 7) is 5.79. The molecule has 0 saturated carbocycles. The van der Waals surface area contributed by atoms with Crippen LogP contribution < -0.4 is 0 Å². The maximum atomic E-state index is 13.0. The summed E-state index contributed by atoms with van der Waals surface area (Å²) in [5.41, 5.74) is 2.62. The molecule has 122 valence electrons. The van der Waals surface area contributed by atoms with E-state index >= 15 is 0 Å². The van der Waals surface area contributed by atoms with Crippen molar-refractivity contribution in [3.63, 3.8) is 0 Å². The molecule has 1 aliphatic rings. The largest absolute Gasteiger partial charge is 0.272 e. The van der Waals surface area contributed by atoms with Gasteiger partial charge in [-0.1, -0.05) is 58.0 Å². The fourth-order valence-electron chi connectivity index (χ4n) is 2.69. The van der Waals surface area contributed by atoms with Gasteiger partial charge in [-0.25, -0.2) is 0 Å². The average molecular weight is 401 g/mol. The lowest BCUT2D eigenvalue weighted by molar-refractivity contribution is 0.0758. The van der Waals surface area contributed by atoms with Crippen molar-refractivity contribution in [2.24, 2.45) is 4.99 Å².